The summed E-state index contributed by atoms with van der Waals surface area (Å²) in [5, 5.41) is 0.00690. The number of sulfonamides is 1. The first-order valence-electron chi connectivity index (χ1n) is 21.5. The van der Waals surface area contributed by atoms with E-state index in [0.29, 0.717) is 31.6 Å². The van der Waals surface area contributed by atoms with Gasteiger partial charge < -0.3 is 13.6 Å². The molecule has 2 aliphatic heterocycles. The Bertz CT molecular complexity index is 1790. The highest BCUT2D eigenvalue weighted by molar-refractivity contribution is 14.1. The van der Waals surface area contributed by atoms with E-state index in [1.807, 2.05) is 6.92 Å². The number of allylic oxidation sites excluding steroid dienone is 4. The molecule has 0 saturated carbocycles. The topological polar surface area (TPSA) is 82.1 Å². The fourth-order valence-electron chi connectivity index (χ4n) is 8.43. The van der Waals surface area contributed by atoms with Crippen LogP contribution in [0.3, 0.4) is 0 Å². The van der Waals surface area contributed by atoms with E-state index < -0.39 is 32.1 Å². The van der Waals surface area contributed by atoms with Gasteiger partial charge in [0.1, 0.15) is 0 Å². The van der Waals surface area contributed by atoms with Gasteiger partial charge >= 0.3 is 0 Å². The zero-order valence-electron chi connectivity index (χ0n) is 38.1. The normalized spacial score (nSPS) is 26.7. The van der Waals surface area contributed by atoms with Crippen molar-refractivity contribution in [2.75, 3.05) is 11.0 Å². The second-order valence-electron chi connectivity index (χ2n) is 20.6. The number of piperidine rings is 1. The highest BCUT2D eigenvalue weighted by Gasteiger charge is 2.55. The number of nitrogens with zero attached hydrogens (tertiary/aromatic N) is 1. The number of rotatable bonds is 14. The number of carbonyl (C=O) groups is 1. The van der Waals surface area contributed by atoms with Crippen LogP contribution in [0.5, 0.6) is 0 Å². The molecule has 3 aliphatic rings. The number of benzene rings is 1. The molecule has 0 radical (unpaired) electrons. The summed E-state index contributed by atoms with van der Waals surface area (Å²) in [4.78, 5) is 15.3. The summed E-state index contributed by atoms with van der Waals surface area (Å²) in [7, 11) is -8.49. The standard InChI is InChI=1S/C46H76INO6SSi2/c1-32-19-22-38(23-20-32)55(50,51)48-29-17-26-46(43(48)49)27-25-41(54-57(14,15)45(9,10)11)36(5)39(46)31-34(3)40(53-56(12,13)44(6,7)8)24-21-37-30-35(4)42(52-37)33(2)18-16-28-47/h18-20,22-23,31,35,37,39-40,42H,16-17,21,24-30H2,1-15H3/b33-18+,34-31+/t35-,37-,39+,40+,42+,46+/m1/s1. The Kier molecular flexibility index (Phi) is 15.6. The van der Waals surface area contributed by atoms with Crippen LogP contribution in [0.2, 0.25) is 36.3 Å². The molecule has 0 unspecified atom stereocenters. The summed E-state index contributed by atoms with van der Waals surface area (Å²) in [6.07, 6.45) is 10.9. The highest BCUT2D eigenvalue weighted by Crippen LogP contribution is 2.54. The largest absolute Gasteiger partial charge is 0.547 e. The molecule has 0 bridgehead atoms. The van der Waals surface area contributed by atoms with Crippen LogP contribution in [0.1, 0.15) is 126 Å². The molecule has 0 aromatic heterocycles. The van der Waals surface area contributed by atoms with E-state index in [1.165, 1.54) is 9.88 Å². The Morgan fingerprint density at radius 1 is 1.02 bits per heavy atom. The highest BCUT2D eigenvalue weighted by atomic mass is 127. The predicted octanol–water partition coefficient (Wildman–Crippen LogP) is 12.7. The molecule has 322 valence electrons. The number of carbonyl (C=O) groups excluding carboxylic acids is 1. The molecule has 0 N–H and O–H groups in total. The molecule has 1 aromatic rings. The molecule has 1 aromatic carbocycles. The van der Waals surface area contributed by atoms with Crippen molar-refractivity contribution in [3.63, 3.8) is 0 Å². The van der Waals surface area contributed by atoms with E-state index >= 15 is 4.79 Å². The third kappa shape index (κ3) is 10.8. The number of alkyl halides is 1. The molecule has 4 rings (SSSR count). The van der Waals surface area contributed by atoms with Gasteiger partial charge in [0.15, 0.2) is 8.32 Å². The summed E-state index contributed by atoms with van der Waals surface area (Å²) in [6, 6.07) is 6.85. The van der Waals surface area contributed by atoms with Gasteiger partial charge in [0.2, 0.25) is 14.2 Å². The molecule has 2 saturated heterocycles. The van der Waals surface area contributed by atoms with Gasteiger partial charge in [-0.05, 0) is 144 Å². The van der Waals surface area contributed by atoms with E-state index in [0.717, 1.165) is 52.6 Å². The van der Waals surface area contributed by atoms with Gasteiger partial charge in [0.05, 0.1) is 34.4 Å². The SMILES string of the molecule is CC1=C(O[Si](C)(C)C(C)(C)C)CC[C@@]2(CCCN(S(=O)(=O)c3ccc(C)cc3)C2=O)[C@H]1/C=C(\C)[C@H](CC[C@@H]1C[C@@H](C)[C@H](/C(C)=C/CCI)O1)O[Si](C)(C)C(C)(C)C. The first kappa shape index (κ1) is 48.4. The molecular weight excluding hydrogens is 878 g/mol. The van der Waals surface area contributed by atoms with E-state index in [2.05, 4.69) is 130 Å². The summed E-state index contributed by atoms with van der Waals surface area (Å²) >= 11 is 2.43. The maximum Gasteiger partial charge on any atom is 0.266 e. The predicted molar refractivity (Wildman–Crippen MR) is 250 cm³/mol. The molecule has 1 amide bonds. The van der Waals surface area contributed by atoms with Gasteiger partial charge in [-0.25, -0.2) is 12.7 Å². The smallest absolute Gasteiger partial charge is 0.266 e. The van der Waals surface area contributed by atoms with E-state index in [1.54, 1.807) is 24.3 Å². The van der Waals surface area contributed by atoms with Crippen LogP contribution in [0.4, 0.5) is 0 Å². The van der Waals surface area contributed by atoms with Crippen molar-refractivity contribution in [3.8, 4) is 0 Å². The van der Waals surface area contributed by atoms with E-state index in [9.17, 15) is 8.42 Å². The molecule has 1 spiro atoms. The quantitative estimate of drug-likeness (QED) is 0.0800. The fourth-order valence-corrected chi connectivity index (χ4v) is 12.8. The number of amides is 1. The summed E-state index contributed by atoms with van der Waals surface area (Å²) in [6.45, 7) is 33.7. The Hall–Kier alpha value is -1.26. The average Bonchev–Trinajstić information content (AvgIpc) is 3.48. The number of ether oxygens (including phenoxy) is 1. The zero-order chi connectivity index (χ0) is 42.9. The second-order valence-corrected chi connectivity index (χ2v) is 33.0. The molecular formula is C46H76INO6SSi2. The van der Waals surface area contributed by atoms with Crippen LogP contribution in [-0.4, -0.2) is 64.5 Å². The molecule has 2 heterocycles. The summed E-state index contributed by atoms with van der Waals surface area (Å²) in [5.74, 6) is 0.807. The van der Waals surface area contributed by atoms with E-state index in [4.69, 9.17) is 13.6 Å². The monoisotopic (exact) mass is 953 g/mol. The van der Waals surface area contributed by atoms with Crippen molar-refractivity contribution >= 4 is 55.2 Å². The number of halogens is 1. The Morgan fingerprint density at radius 2 is 1.63 bits per heavy atom. The first-order valence-corrected chi connectivity index (χ1v) is 30.2. The molecule has 11 heteroatoms. The summed E-state index contributed by atoms with van der Waals surface area (Å²) < 4.78 is 51.9. The van der Waals surface area contributed by atoms with Crippen molar-refractivity contribution in [3.05, 3.63) is 64.5 Å². The third-order valence-electron chi connectivity index (χ3n) is 14.2. The second kappa shape index (κ2) is 18.4. The maximum atomic E-state index is 15.1. The number of hydrogen-bond donors (Lipinski definition) is 0. The lowest BCUT2D eigenvalue weighted by atomic mass is 9.61. The number of hydrogen-bond acceptors (Lipinski definition) is 6. The first-order chi connectivity index (χ1) is 26.2. The maximum absolute atomic E-state index is 15.1. The lowest BCUT2D eigenvalue weighted by Crippen LogP contribution is -2.55. The van der Waals surface area contributed by atoms with Crippen LogP contribution in [0.25, 0.3) is 0 Å². The lowest BCUT2D eigenvalue weighted by Gasteiger charge is -2.49. The van der Waals surface area contributed by atoms with Gasteiger partial charge in [-0.1, -0.05) is 101 Å². The minimum atomic E-state index is -4.04. The Morgan fingerprint density at radius 3 is 2.21 bits per heavy atom. The minimum absolute atomic E-state index is 0.00115. The van der Waals surface area contributed by atoms with Crippen molar-refractivity contribution in [2.45, 2.75) is 187 Å². The van der Waals surface area contributed by atoms with Crippen LogP contribution in [0.15, 0.2) is 63.8 Å². The van der Waals surface area contributed by atoms with Gasteiger partial charge in [-0.3, -0.25) is 4.79 Å². The molecule has 6 atom stereocenters. The fraction of sp³-hybridized carbons (Fsp3) is 0.717. The summed E-state index contributed by atoms with van der Waals surface area (Å²) in [5.41, 5.74) is 3.54. The molecule has 1 aliphatic carbocycles. The van der Waals surface area contributed by atoms with Crippen molar-refractivity contribution in [1.82, 2.24) is 4.31 Å². The van der Waals surface area contributed by atoms with Gasteiger partial charge in [0.25, 0.3) is 10.0 Å². The van der Waals surface area contributed by atoms with Gasteiger partial charge in [0, 0.05) is 23.3 Å². The van der Waals surface area contributed by atoms with Crippen LogP contribution in [-0.2, 0) is 28.4 Å². The molecule has 2 fully saturated rings. The average molecular weight is 954 g/mol. The molecule has 57 heavy (non-hydrogen) atoms. The van der Waals surface area contributed by atoms with Crippen LogP contribution < -0.4 is 0 Å². The van der Waals surface area contributed by atoms with Crippen LogP contribution in [0, 0.1) is 24.2 Å². The van der Waals surface area contributed by atoms with Gasteiger partial charge in [-0.2, -0.15) is 0 Å². The van der Waals surface area contributed by atoms with Crippen molar-refractivity contribution in [1.29, 1.82) is 0 Å². The molecule has 7 nitrogen and oxygen atoms in total. The van der Waals surface area contributed by atoms with E-state index in [-0.39, 0.29) is 51.7 Å². The zero-order valence-corrected chi connectivity index (χ0v) is 43.1. The van der Waals surface area contributed by atoms with Crippen LogP contribution >= 0.6 is 22.6 Å². The van der Waals surface area contributed by atoms with Crippen molar-refractivity contribution in [2.24, 2.45) is 17.3 Å². The third-order valence-corrected chi connectivity index (χ3v) is 25.5. The Labute approximate surface area is 363 Å². The number of aryl methyl sites for hydroxylation is 1. The lowest BCUT2D eigenvalue weighted by molar-refractivity contribution is -0.143. The minimum Gasteiger partial charge on any atom is -0.547 e. The Balaban J connectivity index is 1.80. The van der Waals surface area contributed by atoms with Crippen molar-refractivity contribution < 1.29 is 26.8 Å². The van der Waals surface area contributed by atoms with Gasteiger partial charge in [-0.15, -0.1) is 0 Å².